The molecule has 1 aromatic heterocycles. The zero-order chi connectivity index (χ0) is 19.0. The largest absolute Gasteiger partial charge is 0.322 e. The van der Waals surface area contributed by atoms with Crippen molar-refractivity contribution in [3.05, 3.63) is 89.2 Å². The number of benzene rings is 2. The fraction of sp³-hybridized carbons (Fsp3) is 0.0476. The van der Waals surface area contributed by atoms with Gasteiger partial charge in [0.15, 0.2) is 0 Å². The molecule has 6 nitrogen and oxygen atoms in total. The Kier molecular flexibility index (Phi) is 4.01. The highest BCUT2D eigenvalue weighted by atomic mass is 16.2. The number of nitrogens with zero attached hydrogens (tertiary/aromatic N) is 2. The van der Waals surface area contributed by atoms with Crippen molar-refractivity contribution < 1.29 is 14.4 Å². The lowest BCUT2D eigenvalue weighted by atomic mass is 10.1. The number of anilines is 2. The van der Waals surface area contributed by atoms with Crippen molar-refractivity contribution in [3.63, 3.8) is 0 Å². The first-order valence-electron chi connectivity index (χ1n) is 8.37. The van der Waals surface area contributed by atoms with E-state index >= 15 is 0 Å². The van der Waals surface area contributed by atoms with E-state index in [1.807, 2.05) is 19.1 Å². The van der Waals surface area contributed by atoms with E-state index in [9.17, 15) is 14.4 Å². The second-order valence-corrected chi connectivity index (χ2v) is 6.16. The van der Waals surface area contributed by atoms with Crippen molar-refractivity contribution in [2.24, 2.45) is 0 Å². The number of pyridine rings is 1. The summed E-state index contributed by atoms with van der Waals surface area (Å²) in [5.74, 6) is -1.07. The van der Waals surface area contributed by atoms with Crippen LogP contribution in [0.15, 0.2) is 66.9 Å². The van der Waals surface area contributed by atoms with E-state index in [0.29, 0.717) is 22.5 Å². The zero-order valence-electron chi connectivity index (χ0n) is 14.5. The van der Waals surface area contributed by atoms with Gasteiger partial charge in [-0.25, -0.2) is 4.90 Å². The molecular formula is C21H15N3O3. The minimum absolute atomic E-state index is 0.152. The van der Waals surface area contributed by atoms with Gasteiger partial charge < -0.3 is 5.32 Å². The maximum absolute atomic E-state index is 12.5. The van der Waals surface area contributed by atoms with E-state index in [0.717, 1.165) is 10.5 Å². The Morgan fingerprint density at radius 1 is 0.926 bits per heavy atom. The van der Waals surface area contributed by atoms with Crippen LogP contribution in [-0.2, 0) is 0 Å². The van der Waals surface area contributed by atoms with Crippen LogP contribution in [0.25, 0.3) is 0 Å². The summed E-state index contributed by atoms with van der Waals surface area (Å²) in [6.07, 6.45) is 1.48. The van der Waals surface area contributed by atoms with Gasteiger partial charge in [0.05, 0.1) is 11.3 Å². The van der Waals surface area contributed by atoms with Crippen molar-refractivity contribution in [3.8, 4) is 0 Å². The topological polar surface area (TPSA) is 79.4 Å². The summed E-state index contributed by atoms with van der Waals surface area (Å²) in [5.41, 5.74) is 2.91. The predicted octanol–water partition coefficient (Wildman–Crippen LogP) is 3.44. The Bertz CT molecular complexity index is 1040. The zero-order valence-corrected chi connectivity index (χ0v) is 14.5. The molecule has 0 saturated carbocycles. The second-order valence-electron chi connectivity index (χ2n) is 6.16. The number of carbonyl (C=O) groups is 3. The summed E-state index contributed by atoms with van der Waals surface area (Å²) in [5, 5.41) is 2.82. The van der Waals surface area contributed by atoms with Gasteiger partial charge in [0.25, 0.3) is 17.7 Å². The molecule has 0 bridgehead atoms. The van der Waals surface area contributed by atoms with Crippen LogP contribution in [0.4, 0.5) is 11.4 Å². The molecule has 0 spiro atoms. The smallest absolute Gasteiger partial charge is 0.284 e. The van der Waals surface area contributed by atoms with Crippen molar-refractivity contribution in [2.75, 3.05) is 10.2 Å². The molecular weight excluding hydrogens is 342 g/mol. The third-order valence-electron chi connectivity index (χ3n) is 4.42. The molecule has 2 aromatic carbocycles. The molecule has 3 aromatic rings. The van der Waals surface area contributed by atoms with Gasteiger partial charge in [-0.15, -0.1) is 0 Å². The molecule has 0 atom stereocenters. The van der Waals surface area contributed by atoms with Gasteiger partial charge >= 0.3 is 0 Å². The average molecular weight is 357 g/mol. The first-order valence-corrected chi connectivity index (χ1v) is 8.37. The molecule has 0 fully saturated rings. The molecule has 2 heterocycles. The molecule has 3 amide bonds. The van der Waals surface area contributed by atoms with E-state index in [1.165, 1.54) is 6.20 Å². The minimum Gasteiger partial charge on any atom is -0.322 e. The lowest BCUT2D eigenvalue weighted by Gasteiger charge is -2.14. The van der Waals surface area contributed by atoms with E-state index in [2.05, 4.69) is 10.3 Å². The molecule has 1 aliphatic rings. The first kappa shape index (κ1) is 16.7. The number of carbonyl (C=O) groups excluding carboxylic acids is 3. The number of hydrogen-bond acceptors (Lipinski definition) is 4. The number of rotatable bonds is 3. The van der Waals surface area contributed by atoms with E-state index in [1.54, 1.807) is 48.5 Å². The second kappa shape index (κ2) is 6.49. The number of hydrogen-bond donors (Lipinski definition) is 1. The highest BCUT2D eigenvalue weighted by molar-refractivity contribution is 6.33. The van der Waals surface area contributed by atoms with Crippen LogP contribution in [0, 0.1) is 6.92 Å². The monoisotopic (exact) mass is 357 g/mol. The number of aromatic nitrogens is 1. The fourth-order valence-electron chi connectivity index (χ4n) is 3.02. The predicted molar refractivity (Wildman–Crippen MR) is 101 cm³/mol. The molecule has 1 N–H and O–H groups in total. The summed E-state index contributed by atoms with van der Waals surface area (Å²) in [6, 6.07) is 17.1. The van der Waals surface area contributed by atoms with Crippen LogP contribution in [0.1, 0.15) is 36.8 Å². The maximum Gasteiger partial charge on any atom is 0.284 e. The summed E-state index contributed by atoms with van der Waals surface area (Å²) >= 11 is 0. The van der Waals surface area contributed by atoms with Gasteiger partial charge in [-0.1, -0.05) is 18.2 Å². The molecule has 0 aliphatic carbocycles. The van der Waals surface area contributed by atoms with Gasteiger partial charge in [0.1, 0.15) is 5.69 Å². The number of fused-ring (bicyclic) bond motifs is 1. The van der Waals surface area contributed by atoms with Crippen molar-refractivity contribution >= 4 is 29.1 Å². The van der Waals surface area contributed by atoms with Crippen LogP contribution in [0.3, 0.4) is 0 Å². The van der Waals surface area contributed by atoms with Crippen LogP contribution < -0.4 is 10.2 Å². The summed E-state index contributed by atoms with van der Waals surface area (Å²) in [6.45, 7) is 1.87. The van der Waals surface area contributed by atoms with Crippen LogP contribution in [0.5, 0.6) is 0 Å². The molecule has 1 aliphatic heterocycles. The van der Waals surface area contributed by atoms with Gasteiger partial charge in [0.2, 0.25) is 0 Å². The Balaban J connectivity index is 1.55. The molecule has 132 valence electrons. The lowest BCUT2D eigenvalue weighted by Crippen LogP contribution is -2.29. The molecule has 0 saturated heterocycles. The maximum atomic E-state index is 12.5. The van der Waals surface area contributed by atoms with Crippen LogP contribution in [-0.4, -0.2) is 22.7 Å². The Hall–Kier alpha value is -3.80. The third-order valence-corrected chi connectivity index (χ3v) is 4.42. The van der Waals surface area contributed by atoms with Crippen LogP contribution >= 0.6 is 0 Å². The molecule has 4 rings (SSSR count). The van der Waals surface area contributed by atoms with Crippen LogP contribution in [0.2, 0.25) is 0 Å². The summed E-state index contributed by atoms with van der Waals surface area (Å²) in [7, 11) is 0. The van der Waals surface area contributed by atoms with Gasteiger partial charge in [0, 0.05) is 17.4 Å². The molecule has 0 radical (unpaired) electrons. The van der Waals surface area contributed by atoms with Gasteiger partial charge in [-0.05, 0) is 55.0 Å². The Morgan fingerprint density at radius 3 is 2.37 bits per heavy atom. The third kappa shape index (κ3) is 2.87. The first-order chi connectivity index (χ1) is 13.1. The van der Waals surface area contributed by atoms with Crippen molar-refractivity contribution in [1.82, 2.24) is 4.98 Å². The number of imide groups is 1. The quantitative estimate of drug-likeness (QED) is 0.728. The average Bonchev–Trinajstić information content (AvgIpc) is 2.94. The Labute approximate surface area is 155 Å². The number of nitrogens with one attached hydrogen (secondary N) is 1. The molecule has 27 heavy (non-hydrogen) atoms. The number of aryl methyl sites for hydroxylation is 1. The lowest BCUT2D eigenvalue weighted by molar-refractivity contribution is 0.0923. The fourth-order valence-corrected chi connectivity index (χ4v) is 3.02. The highest BCUT2D eigenvalue weighted by Gasteiger charge is 2.37. The summed E-state index contributed by atoms with van der Waals surface area (Å²) < 4.78 is 0. The van der Waals surface area contributed by atoms with E-state index in [4.69, 9.17) is 0 Å². The standard InChI is InChI=1S/C21H15N3O3/c1-13-5-2-3-6-16(13)19(25)23-14-8-10-15(11-9-14)24-20(26)17-7-4-12-22-18(17)21(24)27/h2-12H,1H3,(H,23,25). The van der Waals surface area contributed by atoms with E-state index in [-0.39, 0.29) is 11.6 Å². The molecule has 6 heteroatoms. The molecule has 0 unspecified atom stereocenters. The normalized spacial score (nSPS) is 12.9. The summed E-state index contributed by atoms with van der Waals surface area (Å²) in [4.78, 5) is 42.4. The van der Waals surface area contributed by atoms with E-state index < -0.39 is 11.8 Å². The number of amides is 3. The van der Waals surface area contributed by atoms with Crippen molar-refractivity contribution in [1.29, 1.82) is 0 Å². The highest BCUT2D eigenvalue weighted by Crippen LogP contribution is 2.28. The van der Waals surface area contributed by atoms with Gasteiger partial charge in [-0.2, -0.15) is 0 Å². The minimum atomic E-state index is -0.452. The Morgan fingerprint density at radius 2 is 1.67 bits per heavy atom. The van der Waals surface area contributed by atoms with Crippen molar-refractivity contribution in [2.45, 2.75) is 6.92 Å². The SMILES string of the molecule is Cc1ccccc1C(=O)Nc1ccc(N2C(=O)c3cccnc3C2=O)cc1. The van der Waals surface area contributed by atoms with Gasteiger partial charge in [-0.3, -0.25) is 19.4 Å².